The van der Waals surface area contributed by atoms with E-state index in [2.05, 4.69) is 40.6 Å². The van der Waals surface area contributed by atoms with Crippen LogP contribution in [0.4, 0.5) is 11.4 Å². The number of nitrogens with one attached hydrogen (secondary N) is 2. The Labute approximate surface area is 123 Å². The standard InChI is InChI=1S/C15H18ClN3O/c1-3-19-7-6-12(10-19)9-17-13-4-5-15(14(16)8-13)18-11(2)20/h4-8,10,17H,3,9H2,1-2H3,(H,18,20). The van der Waals surface area contributed by atoms with Crippen LogP contribution in [0.15, 0.2) is 36.7 Å². The Kier molecular flexibility index (Phi) is 4.69. The van der Waals surface area contributed by atoms with Crippen molar-refractivity contribution < 1.29 is 4.79 Å². The fourth-order valence-corrected chi connectivity index (χ4v) is 2.14. The van der Waals surface area contributed by atoms with E-state index in [1.807, 2.05) is 12.1 Å². The summed E-state index contributed by atoms with van der Waals surface area (Å²) < 4.78 is 2.13. The van der Waals surface area contributed by atoms with E-state index in [1.165, 1.54) is 12.5 Å². The predicted octanol–water partition coefficient (Wildman–Crippen LogP) is 3.73. The Hall–Kier alpha value is -1.94. The van der Waals surface area contributed by atoms with Gasteiger partial charge in [0.15, 0.2) is 0 Å². The average Bonchev–Trinajstić information content (AvgIpc) is 2.87. The highest BCUT2D eigenvalue weighted by Gasteiger charge is 2.03. The maximum atomic E-state index is 11.0. The molecule has 0 aliphatic rings. The molecule has 106 valence electrons. The minimum absolute atomic E-state index is 0.131. The lowest BCUT2D eigenvalue weighted by Crippen LogP contribution is -2.06. The van der Waals surface area contributed by atoms with E-state index in [-0.39, 0.29) is 5.91 Å². The number of aromatic nitrogens is 1. The van der Waals surface area contributed by atoms with E-state index in [0.717, 1.165) is 18.8 Å². The smallest absolute Gasteiger partial charge is 0.221 e. The van der Waals surface area contributed by atoms with Crippen LogP contribution in [0, 0.1) is 0 Å². The molecule has 0 saturated heterocycles. The maximum Gasteiger partial charge on any atom is 0.221 e. The largest absolute Gasteiger partial charge is 0.381 e. The van der Waals surface area contributed by atoms with Crippen LogP contribution in [0.2, 0.25) is 5.02 Å². The van der Waals surface area contributed by atoms with Crippen LogP contribution in [0.5, 0.6) is 0 Å². The molecule has 0 unspecified atom stereocenters. The molecule has 0 saturated carbocycles. The second kappa shape index (κ2) is 6.48. The van der Waals surface area contributed by atoms with Gasteiger partial charge < -0.3 is 15.2 Å². The number of hydrogen-bond donors (Lipinski definition) is 2. The van der Waals surface area contributed by atoms with Crippen molar-refractivity contribution in [3.05, 3.63) is 47.2 Å². The van der Waals surface area contributed by atoms with Crippen LogP contribution >= 0.6 is 11.6 Å². The highest BCUT2D eigenvalue weighted by Crippen LogP contribution is 2.25. The van der Waals surface area contributed by atoms with E-state index >= 15 is 0 Å². The normalized spacial score (nSPS) is 10.3. The quantitative estimate of drug-likeness (QED) is 0.882. The third kappa shape index (κ3) is 3.78. The summed E-state index contributed by atoms with van der Waals surface area (Å²) in [6.07, 6.45) is 4.17. The van der Waals surface area contributed by atoms with Crippen molar-refractivity contribution in [2.24, 2.45) is 0 Å². The number of anilines is 2. The highest BCUT2D eigenvalue weighted by molar-refractivity contribution is 6.34. The monoisotopic (exact) mass is 291 g/mol. The number of nitrogens with zero attached hydrogens (tertiary/aromatic N) is 1. The Bertz CT molecular complexity index is 607. The van der Waals surface area contributed by atoms with Gasteiger partial charge in [-0.25, -0.2) is 0 Å². The first-order valence-electron chi connectivity index (χ1n) is 6.54. The zero-order valence-electron chi connectivity index (χ0n) is 11.6. The summed E-state index contributed by atoms with van der Waals surface area (Å²) in [6, 6.07) is 7.59. The summed E-state index contributed by atoms with van der Waals surface area (Å²) >= 11 is 6.12. The molecule has 0 atom stereocenters. The molecule has 2 N–H and O–H groups in total. The minimum Gasteiger partial charge on any atom is -0.381 e. The lowest BCUT2D eigenvalue weighted by molar-refractivity contribution is -0.114. The SMILES string of the molecule is CCn1ccc(CNc2ccc(NC(C)=O)c(Cl)c2)c1. The molecule has 20 heavy (non-hydrogen) atoms. The molecular formula is C15H18ClN3O. The zero-order chi connectivity index (χ0) is 14.5. The first-order chi connectivity index (χ1) is 9.58. The lowest BCUT2D eigenvalue weighted by Gasteiger charge is -2.09. The molecule has 1 heterocycles. The number of aryl methyl sites for hydroxylation is 1. The van der Waals surface area contributed by atoms with Crippen molar-refractivity contribution in [2.45, 2.75) is 26.9 Å². The van der Waals surface area contributed by atoms with E-state index in [1.54, 1.807) is 6.07 Å². The highest BCUT2D eigenvalue weighted by atomic mass is 35.5. The van der Waals surface area contributed by atoms with Gasteiger partial charge in [0.2, 0.25) is 5.91 Å². The number of carbonyl (C=O) groups excluding carboxylic acids is 1. The van der Waals surface area contributed by atoms with Crippen LogP contribution < -0.4 is 10.6 Å². The second-order valence-corrected chi connectivity index (χ2v) is 4.99. The molecule has 0 aliphatic heterocycles. The summed E-state index contributed by atoms with van der Waals surface area (Å²) in [6.45, 7) is 5.28. The molecule has 1 aromatic carbocycles. The summed E-state index contributed by atoms with van der Waals surface area (Å²) in [5.74, 6) is -0.131. The van der Waals surface area contributed by atoms with Gasteiger partial charge in [0.1, 0.15) is 0 Å². The van der Waals surface area contributed by atoms with Gasteiger partial charge in [-0.15, -0.1) is 0 Å². The number of carbonyl (C=O) groups is 1. The van der Waals surface area contributed by atoms with Gasteiger partial charge in [0, 0.05) is 38.1 Å². The Morgan fingerprint density at radius 2 is 2.15 bits per heavy atom. The van der Waals surface area contributed by atoms with E-state index < -0.39 is 0 Å². The molecule has 2 aromatic rings. The number of amides is 1. The Morgan fingerprint density at radius 3 is 2.75 bits per heavy atom. The van der Waals surface area contributed by atoms with Crippen LogP contribution in [-0.2, 0) is 17.9 Å². The second-order valence-electron chi connectivity index (χ2n) is 4.58. The van der Waals surface area contributed by atoms with Crippen molar-refractivity contribution in [1.82, 2.24) is 4.57 Å². The molecule has 0 aliphatic carbocycles. The van der Waals surface area contributed by atoms with Gasteiger partial charge in [0.05, 0.1) is 10.7 Å². The fraction of sp³-hybridized carbons (Fsp3) is 0.267. The molecule has 4 nitrogen and oxygen atoms in total. The molecular weight excluding hydrogens is 274 g/mol. The lowest BCUT2D eigenvalue weighted by atomic mass is 10.2. The number of hydrogen-bond acceptors (Lipinski definition) is 2. The Morgan fingerprint density at radius 1 is 1.35 bits per heavy atom. The van der Waals surface area contributed by atoms with Gasteiger partial charge in [-0.2, -0.15) is 0 Å². The molecule has 1 aromatic heterocycles. The molecule has 0 fully saturated rings. The topological polar surface area (TPSA) is 46.1 Å². The van der Waals surface area contributed by atoms with E-state index in [0.29, 0.717) is 10.7 Å². The number of benzene rings is 1. The van der Waals surface area contributed by atoms with Crippen LogP contribution in [0.1, 0.15) is 19.4 Å². The minimum atomic E-state index is -0.131. The van der Waals surface area contributed by atoms with Gasteiger partial charge in [0.25, 0.3) is 0 Å². The predicted molar refractivity (Wildman–Crippen MR) is 83.2 cm³/mol. The summed E-state index contributed by atoms with van der Waals surface area (Å²) in [7, 11) is 0. The van der Waals surface area contributed by atoms with Crippen molar-refractivity contribution >= 4 is 28.9 Å². The van der Waals surface area contributed by atoms with Crippen molar-refractivity contribution in [1.29, 1.82) is 0 Å². The van der Waals surface area contributed by atoms with Crippen molar-refractivity contribution in [3.8, 4) is 0 Å². The summed E-state index contributed by atoms with van der Waals surface area (Å²) in [5, 5.41) is 6.52. The first kappa shape index (κ1) is 14.5. The summed E-state index contributed by atoms with van der Waals surface area (Å²) in [5.41, 5.74) is 2.77. The third-order valence-electron chi connectivity index (χ3n) is 2.95. The van der Waals surface area contributed by atoms with Crippen LogP contribution in [-0.4, -0.2) is 10.5 Å². The van der Waals surface area contributed by atoms with Gasteiger partial charge >= 0.3 is 0 Å². The first-order valence-corrected chi connectivity index (χ1v) is 6.92. The average molecular weight is 292 g/mol. The molecule has 0 radical (unpaired) electrons. The summed E-state index contributed by atoms with van der Waals surface area (Å²) in [4.78, 5) is 11.0. The van der Waals surface area contributed by atoms with Crippen LogP contribution in [0.25, 0.3) is 0 Å². The van der Waals surface area contributed by atoms with E-state index in [9.17, 15) is 4.79 Å². The zero-order valence-corrected chi connectivity index (χ0v) is 12.4. The molecule has 0 spiro atoms. The van der Waals surface area contributed by atoms with Gasteiger partial charge in [-0.05, 0) is 36.8 Å². The number of halogens is 1. The molecule has 2 rings (SSSR count). The Balaban J connectivity index is 1.99. The van der Waals surface area contributed by atoms with Gasteiger partial charge in [-0.1, -0.05) is 11.6 Å². The maximum absolute atomic E-state index is 11.0. The molecule has 0 bridgehead atoms. The third-order valence-corrected chi connectivity index (χ3v) is 3.27. The van der Waals surface area contributed by atoms with Crippen LogP contribution in [0.3, 0.4) is 0 Å². The van der Waals surface area contributed by atoms with Gasteiger partial charge in [-0.3, -0.25) is 4.79 Å². The number of rotatable bonds is 5. The van der Waals surface area contributed by atoms with E-state index in [4.69, 9.17) is 11.6 Å². The molecule has 5 heteroatoms. The fourth-order valence-electron chi connectivity index (χ4n) is 1.91. The van der Waals surface area contributed by atoms with Crippen molar-refractivity contribution in [2.75, 3.05) is 10.6 Å². The van der Waals surface area contributed by atoms with Crippen molar-refractivity contribution in [3.63, 3.8) is 0 Å². The molecule has 1 amide bonds.